The van der Waals surface area contributed by atoms with Gasteiger partial charge in [0.25, 0.3) is 0 Å². The van der Waals surface area contributed by atoms with Crippen molar-refractivity contribution in [3.8, 4) is 17.5 Å². The molecule has 2 atom stereocenters. The number of ether oxygens (including phenoxy) is 1. The van der Waals surface area contributed by atoms with E-state index in [1.54, 1.807) is 49.5 Å². The van der Waals surface area contributed by atoms with Gasteiger partial charge < -0.3 is 9.84 Å². The first-order chi connectivity index (χ1) is 18.9. The van der Waals surface area contributed by atoms with Crippen LogP contribution in [0.1, 0.15) is 35.2 Å². The topological polar surface area (TPSA) is 115 Å². The molecule has 0 aliphatic rings. The average molecular weight is 528 g/mol. The van der Waals surface area contributed by atoms with E-state index in [1.165, 1.54) is 28.1 Å². The number of nitriles is 1. The molecule has 0 unspecified atom stereocenters. The number of hydrogen-bond donors (Lipinski definition) is 1. The predicted octanol–water partition coefficient (Wildman–Crippen LogP) is 4.28. The molecule has 0 fully saturated rings. The van der Waals surface area contributed by atoms with Gasteiger partial charge in [-0.1, -0.05) is 30.3 Å². The third-order valence-corrected chi connectivity index (χ3v) is 6.53. The fraction of sp³-hybridized carbons (Fsp3) is 0.179. The zero-order valence-corrected chi connectivity index (χ0v) is 20.8. The van der Waals surface area contributed by atoms with Crippen LogP contribution in [0.5, 0.6) is 5.75 Å². The highest BCUT2D eigenvalue weighted by molar-refractivity contribution is 5.38. The molecular weight excluding hydrogens is 504 g/mol. The summed E-state index contributed by atoms with van der Waals surface area (Å²) in [6.45, 7) is 1.89. The van der Waals surface area contributed by atoms with Gasteiger partial charge in [-0.25, -0.2) is 23.1 Å². The molecule has 0 aliphatic heterocycles. The molecule has 0 radical (unpaired) electrons. The minimum atomic E-state index is -1.84. The van der Waals surface area contributed by atoms with E-state index in [-0.39, 0.29) is 12.1 Å². The third-order valence-electron chi connectivity index (χ3n) is 6.53. The normalized spacial score (nSPS) is 13.4. The third kappa shape index (κ3) is 5.51. The van der Waals surface area contributed by atoms with Gasteiger partial charge >= 0.3 is 0 Å². The maximum atomic E-state index is 14.9. The van der Waals surface area contributed by atoms with Gasteiger partial charge in [-0.05, 0) is 48.0 Å². The zero-order chi connectivity index (χ0) is 27.4. The van der Waals surface area contributed by atoms with E-state index in [1.807, 2.05) is 12.1 Å². The monoisotopic (exact) mass is 527 g/mol. The minimum absolute atomic E-state index is 0.0924. The number of halogens is 2. The fourth-order valence-electron chi connectivity index (χ4n) is 4.24. The number of hydrogen-bond acceptors (Lipinski definition) is 7. The van der Waals surface area contributed by atoms with Crippen LogP contribution in [0, 0.1) is 23.0 Å². The molecule has 196 valence electrons. The summed E-state index contributed by atoms with van der Waals surface area (Å²) in [5, 5.41) is 33.2. The van der Waals surface area contributed by atoms with E-state index in [4.69, 9.17) is 10.00 Å². The first-order valence-electron chi connectivity index (χ1n) is 12.0. The van der Waals surface area contributed by atoms with Gasteiger partial charge in [-0.3, -0.25) is 0 Å². The Morgan fingerprint density at radius 3 is 2.51 bits per heavy atom. The van der Waals surface area contributed by atoms with Crippen LogP contribution in [0.4, 0.5) is 8.78 Å². The van der Waals surface area contributed by atoms with E-state index in [0.29, 0.717) is 29.3 Å². The molecule has 0 saturated carbocycles. The van der Waals surface area contributed by atoms with E-state index in [0.717, 1.165) is 17.7 Å². The summed E-state index contributed by atoms with van der Waals surface area (Å²) in [4.78, 5) is 3.89. The Balaban J connectivity index is 1.35. The number of rotatable bonds is 9. The number of aromatic nitrogens is 6. The Bertz CT molecular complexity index is 1600. The second kappa shape index (κ2) is 10.8. The number of nitrogens with zero attached hydrogens (tertiary/aromatic N) is 7. The predicted molar refractivity (Wildman–Crippen MR) is 136 cm³/mol. The highest BCUT2D eigenvalue weighted by Gasteiger charge is 2.41. The summed E-state index contributed by atoms with van der Waals surface area (Å²) in [6.07, 6.45) is 4.35. The number of aliphatic hydroxyl groups is 1. The molecule has 2 aromatic heterocycles. The Labute approximate surface area is 222 Å². The SMILES string of the molecule is C[C@@H](c1cn(-c2ccc(OCc3ccc(C#N)cc3)cc2)nn1)[C@](O)(Cn1cncn1)c1ccc(F)cc1F. The Hall–Kier alpha value is -4.95. The van der Waals surface area contributed by atoms with Crippen molar-refractivity contribution in [1.82, 2.24) is 29.8 Å². The standard InChI is InChI=1S/C28H23F2N7O2/c1-19(28(38,16-36-18-32-17-33-36)25-11-6-22(29)12-26(25)30)27-14-37(35-34-27)23-7-9-24(10-8-23)39-15-21-4-2-20(13-31)3-5-21/h2-12,14,17-19,38H,15-16H2,1H3/t19-,28+/m0/s1. The highest BCUT2D eigenvalue weighted by atomic mass is 19.1. The second-order valence-electron chi connectivity index (χ2n) is 9.04. The van der Waals surface area contributed by atoms with Gasteiger partial charge in [0, 0.05) is 17.5 Å². The van der Waals surface area contributed by atoms with Crippen molar-refractivity contribution >= 4 is 0 Å². The molecule has 11 heteroatoms. The van der Waals surface area contributed by atoms with Gasteiger partial charge in [-0.2, -0.15) is 10.4 Å². The largest absolute Gasteiger partial charge is 0.489 e. The van der Waals surface area contributed by atoms with Crippen LogP contribution in [0.3, 0.4) is 0 Å². The molecule has 1 N–H and O–H groups in total. The van der Waals surface area contributed by atoms with Gasteiger partial charge in [0.15, 0.2) is 0 Å². The van der Waals surface area contributed by atoms with E-state index in [9.17, 15) is 13.9 Å². The van der Waals surface area contributed by atoms with E-state index in [2.05, 4.69) is 26.5 Å². The van der Waals surface area contributed by atoms with E-state index < -0.39 is 23.2 Å². The van der Waals surface area contributed by atoms with Crippen molar-refractivity contribution in [3.05, 3.63) is 120 Å². The first-order valence-corrected chi connectivity index (χ1v) is 12.0. The molecule has 0 spiro atoms. The Morgan fingerprint density at radius 1 is 1.08 bits per heavy atom. The van der Waals surface area contributed by atoms with Crippen molar-refractivity contribution in [3.63, 3.8) is 0 Å². The highest BCUT2D eigenvalue weighted by Crippen LogP contribution is 2.39. The Morgan fingerprint density at radius 2 is 1.85 bits per heavy atom. The molecule has 5 rings (SSSR count). The van der Waals surface area contributed by atoms with Crippen LogP contribution in [0.15, 0.2) is 85.6 Å². The fourth-order valence-corrected chi connectivity index (χ4v) is 4.24. The lowest BCUT2D eigenvalue weighted by Gasteiger charge is -2.33. The lowest BCUT2D eigenvalue weighted by atomic mass is 9.80. The van der Waals surface area contributed by atoms with Crippen LogP contribution in [-0.4, -0.2) is 34.9 Å². The minimum Gasteiger partial charge on any atom is -0.489 e. The molecule has 9 nitrogen and oxygen atoms in total. The summed E-state index contributed by atoms with van der Waals surface area (Å²) in [5.41, 5.74) is 0.676. The van der Waals surface area contributed by atoms with Crippen molar-refractivity contribution in [2.75, 3.05) is 0 Å². The maximum absolute atomic E-state index is 14.9. The molecule has 5 aromatic rings. The molecular formula is C28H23F2N7O2. The molecule has 39 heavy (non-hydrogen) atoms. The summed E-state index contributed by atoms with van der Waals surface area (Å²) in [6, 6.07) is 19.5. The smallest absolute Gasteiger partial charge is 0.137 e. The van der Waals surface area contributed by atoms with Crippen molar-refractivity contribution in [2.24, 2.45) is 0 Å². The maximum Gasteiger partial charge on any atom is 0.137 e. The summed E-state index contributed by atoms with van der Waals surface area (Å²) in [7, 11) is 0. The summed E-state index contributed by atoms with van der Waals surface area (Å²) in [5.74, 6) is -1.74. The van der Waals surface area contributed by atoms with Crippen LogP contribution < -0.4 is 4.74 Å². The van der Waals surface area contributed by atoms with Crippen molar-refractivity contribution in [1.29, 1.82) is 5.26 Å². The molecule has 0 amide bonds. The average Bonchev–Trinajstić information content (AvgIpc) is 3.64. The van der Waals surface area contributed by atoms with Crippen LogP contribution >= 0.6 is 0 Å². The number of benzene rings is 3. The van der Waals surface area contributed by atoms with Gasteiger partial charge in [0.2, 0.25) is 0 Å². The second-order valence-corrected chi connectivity index (χ2v) is 9.04. The van der Waals surface area contributed by atoms with Crippen LogP contribution in [0.2, 0.25) is 0 Å². The van der Waals surface area contributed by atoms with Crippen LogP contribution in [-0.2, 0) is 18.8 Å². The van der Waals surface area contributed by atoms with Crippen molar-refractivity contribution < 1.29 is 18.6 Å². The molecule has 3 aromatic carbocycles. The lowest BCUT2D eigenvalue weighted by Crippen LogP contribution is -2.38. The lowest BCUT2D eigenvalue weighted by molar-refractivity contribution is -0.0123. The van der Waals surface area contributed by atoms with Gasteiger partial charge in [0.1, 0.15) is 42.2 Å². The Kier molecular flexibility index (Phi) is 7.12. The van der Waals surface area contributed by atoms with Gasteiger partial charge in [-0.15, -0.1) is 5.10 Å². The summed E-state index contributed by atoms with van der Waals surface area (Å²) >= 11 is 0. The van der Waals surface area contributed by atoms with E-state index >= 15 is 0 Å². The first kappa shape index (κ1) is 25.7. The zero-order valence-electron chi connectivity index (χ0n) is 20.8. The van der Waals surface area contributed by atoms with Gasteiger partial charge in [0.05, 0.1) is 35.8 Å². The van der Waals surface area contributed by atoms with Crippen LogP contribution in [0.25, 0.3) is 5.69 Å². The molecule has 2 heterocycles. The molecule has 0 aliphatic carbocycles. The molecule has 0 bridgehead atoms. The quantitative estimate of drug-likeness (QED) is 0.304. The molecule has 0 saturated heterocycles. The van der Waals surface area contributed by atoms with Crippen molar-refractivity contribution in [2.45, 2.75) is 31.6 Å². The summed E-state index contributed by atoms with van der Waals surface area (Å²) < 4.78 is 37.2.